The predicted octanol–water partition coefficient (Wildman–Crippen LogP) is 4.68. The molecule has 1 aromatic heterocycles. The van der Waals surface area contributed by atoms with Gasteiger partial charge < -0.3 is 5.32 Å². The molecule has 0 atom stereocenters. The largest absolute Gasteiger partial charge is 0.324 e. The van der Waals surface area contributed by atoms with Gasteiger partial charge in [0.2, 0.25) is 0 Å². The van der Waals surface area contributed by atoms with Gasteiger partial charge in [-0.2, -0.15) is 0 Å². The lowest BCUT2D eigenvalue weighted by Gasteiger charge is -2.05. The summed E-state index contributed by atoms with van der Waals surface area (Å²) in [6, 6.07) is 15.1. The SMILES string of the molecule is O=C(Nc1ccc(F)cc1)Nc1cc2ccccc2s1. The maximum absolute atomic E-state index is 12.8. The Morgan fingerprint density at radius 1 is 1.00 bits per heavy atom. The van der Waals surface area contributed by atoms with Gasteiger partial charge in [0.15, 0.2) is 0 Å². The Labute approximate surface area is 119 Å². The predicted molar refractivity (Wildman–Crippen MR) is 80.9 cm³/mol. The summed E-state index contributed by atoms with van der Waals surface area (Å²) < 4.78 is 13.9. The fourth-order valence-electron chi connectivity index (χ4n) is 1.85. The second kappa shape index (κ2) is 5.30. The highest BCUT2D eigenvalue weighted by molar-refractivity contribution is 7.22. The van der Waals surface area contributed by atoms with Crippen molar-refractivity contribution in [1.82, 2.24) is 0 Å². The van der Waals surface area contributed by atoms with Gasteiger partial charge in [-0.1, -0.05) is 18.2 Å². The first-order valence-corrected chi connectivity index (χ1v) is 6.84. The van der Waals surface area contributed by atoms with Crippen LogP contribution in [0.1, 0.15) is 0 Å². The fourth-order valence-corrected chi connectivity index (χ4v) is 2.81. The standard InChI is InChI=1S/C15H11FN2OS/c16-11-5-7-12(8-6-11)17-15(19)18-14-9-10-3-1-2-4-13(10)20-14/h1-9H,(H2,17,18,19). The van der Waals surface area contributed by atoms with Crippen LogP contribution in [0, 0.1) is 5.82 Å². The molecule has 5 heteroatoms. The van der Waals surface area contributed by atoms with E-state index in [-0.39, 0.29) is 11.8 Å². The molecule has 0 saturated heterocycles. The van der Waals surface area contributed by atoms with Gasteiger partial charge in [0, 0.05) is 10.4 Å². The van der Waals surface area contributed by atoms with E-state index in [1.165, 1.54) is 35.6 Å². The van der Waals surface area contributed by atoms with Crippen molar-refractivity contribution in [2.45, 2.75) is 0 Å². The van der Waals surface area contributed by atoms with E-state index >= 15 is 0 Å². The van der Waals surface area contributed by atoms with Gasteiger partial charge in [-0.3, -0.25) is 5.32 Å². The minimum Gasteiger partial charge on any atom is -0.308 e. The highest BCUT2D eigenvalue weighted by Gasteiger charge is 2.06. The van der Waals surface area contributed by atoms with E-state index in [4.69, 9.17) is 0 Å². The van der Waals surface area contributed by atoms with Crippen molar-refractivity contribution in [2.24, 2.45) is 0 Å². The zero-order chi connectivity index (χ0) is 13.9. The molecule has 2 N–H and O–H groups in total. The third-order valence-corrected chi connectivity index (χ3v) is 3.80. The number of anilines is 2. The molecular formula is C15H11FN2OS. The molecule has 0 aliphatic rings. The zero-order valence-electron chi connectivity index (χ0n) is 10.4. The number of halogens is 1. The van der Waals surface area contributed by atoms with Crippen LogP contribution in [0.2, 0.25) is 0 Å². The Morgan fingerprint density at radius 3 is 2.50 bits per heavy atom. The van der Waals surface area contributed by atoms with Crippen LogP contribution in [0.5, 0.6) is 0 Å². The van der Waals surface area contributed by atoms with Crippen LogP contribution in [0.25, 0.3) is 10.1 Å². The highest BCUT2D eigenvalue weighted by atomic mass is 32.1. The number of thiophene rings is 1. The van der Waals surface area contributed by atoms with Crippen molar-refractivity contribution in [3.05, 3.63) is 60.4 Å². The first-order valence-electron chi connectivity index (χ1n) is 6.03. The number of hydrogen-bond donors (Lipinski definition) is 2. The van der Waals surface area contributed by atoms with Crippen LogP contribution in [-0.4, -0.2) is 6.03 Å². The number of benzene rings is 2. The van der Waals surface area contributed by atoms with E-state index in [0.717, 1.165) is 15.1 Å². The lowest BCUT2D eigenvalue weighted by molar-refractivity contribution is 0.262. The van der Waals surface area contributed by atoms with E-state index in [9.17, 15) is 9.18 Å². The second-order valence-corrected chi connectivity index (χ2v) is 5.32. The van der Waals surface area contributed by atoms with Gasteiger partial charge in [-0.15, -0.1) is 11.3 Å². The van der Waals surface area contributed by atoms with Crippen LogP contribution in [0.4, 0.5) is 19.9 Å². The van der Waals surface area contributed by atoms with Crippen LogP contribution in [0.3, 0.4) is 0 Å². The van der Waals surface area contributed by atoms with Gasteiger partial charge in [-0.05, 0) is 41.8 Å². The topological polar surface area (TPSA) is 41.1 Å². The Kier molecular flexibility index (Phi) is 3.35. The summed E-state index contributed by atoms with van der Waals surface area (Å²) in [5, 5.41) is 7.28. The number of rotatable bonds is 2. The van der Waals surface area contributed by atoms with Gasteiger partial charge in [0.05, 0.1) is 5.00 Å². The quantitative estimate of drug-likeness (QED) is 0.705. The number of carbonyl (C=O) groups excluding carboxylic acids is 1. The van der Waals surface area contributed by atoms with E-state index in [1.54, 1.807) is 0 Å². The Hall–Kier alpha value is -2.40. The van der Waals surface area contributed by atoms with Crippen molar-refractivity contribution >= 4 is 38.1 Å². The zero-order valence-corrected chi connectivity index (χ0v) is 11.2. The number of urea groups is 1. The van der Waals surface area contributed by atoms with E-state index in [2.05, 4.69) is 10.6 Å². The summed E-state index contributed by atoms with van der Waals surface area (Å²) in [7, 11) is 0. The van der Waals surface area contributed by atoms with E-state index in [1.807, 2.05) is 30.3 Å². The molecule has 0 unspecified atom stereocenters. The van der Waals surface area contributed by atoms with Crippen molar-refractivity contribution in [2.75, 3.05) is 10.6 Å². The number of carbonyl (C=O) groups is 1. The maximum Gasteiger partial charge on any atom is 0.324 e. The molecule has 1 heterocycles. The average Bonchev–Trinajstić information content (AvgIpc) is 2.83. The van der Waals surface area contributed by atoms with Gasteiger partial charge in [-0.25, -0.2) is 9.18 Å². The molecule has 0 aliphatic carbocycles. The van der Waals surface area contributed by atoms with Gasteiger partial charge >= 0.3 is 6.03 Å². The van der Waals surface area contributed by atoms with Crippen molar-refractivity contribution in [3.8, 4) is 0 Å². The Balaban J connectivity index is 1.70. The van der Waals surface area contributed by atoms with Crippen molar-refractivity contribution < 1.29 is 9.18 Å². The Bertz CT molecular complexity index is 719. The third-order valence-electron chi connectivity index (χ3n) is 2.76. The van der Waals surface area contributed by atoms with Crippen molar-refractivity contribution in [3.63, 3.8) is 0 Å². The molecule has 0 spiro atoms. The minimum atomic E-state index is -0.344. The van der Waals surface area contributed by atoms with Crippen LogP contribution in [0.15, 0.2) is 54.6 Å². The smallest absolute Gasteiger partial charge is 0.308 e. The molecule has 0 bridgehead atoms. The summed E-state index contributed by atoms with van der Waals surface area (Å²) in [5.74, 6) is -0.333. The lowest BCUT2D eigenvalue weighted by atomic mass is 10.3. The molecule has 3 aromatic rings. The summed E-state index contributed by atoms with van der Waals surface area (Å²) in [6.45, 7) is 0. The molecule has 2 aromatic carbocycles. The molecule has 0 aliphatic heterocycles. The molecule has 2 amide bonds. The van der Waals surface area contributed by atoms with Gasteiger partial charge in [0.25, 0.3) is 0 Å². The molecule has 3 rings (SSSR count). The van der Waals surface area contributed by atoms with E-state index < -0.39 is 0 Å². The summed E-state index contributed by atoms with van der Waals surface area (Å²) >= 11 is 1.51. The normalized spacial score (nSPS) is 10.4. The number of fused-ring (bicyclic) bond motifs is 1. The van der Waals surface area contributed by atoms with Crippen LogP contribution in [-0.2, 0) is 0 Å². The third kappa shape index (κ3) is 2.78. The van der Waals surface area contributed by atoms with Crippen LogP contribution >= 0.6 is 11.3 Å². The first-order chi connectivity index (χ1) is 9.70. The summed E-state index contributed by atoms with van der Waals surface area (Å²) in [5.41, 5.74) is 0.546. The second-order valence-electron chi connectivity index (χ2n) is 4.23. The van der Waals surface area contributed by atoms with Gasteiger partial charge in [0.1, 0.15) is 5.82 Å². The Morgan fingerprint density at radius 2 is 1.75 bits per heavy atom. The molecule has 3 nitrogen and oxygen atoms in total. The molecule has 20 heavy (non-hydrogen) atoms. The summed E-state index contributed by atoms with van der Waals surface area (Å²) in [4.78, 5) is 11.8. The molecule has 0 fully saturated rings. The fraction of sp³-hybridized carbons (Fsp3) is 0. The van der Waals surface area contributed by atoms with Crippen molar-refractivity contribution in [1.29, 1.82) is 0 Å². The van der Waals surface area contributed by atoms with Crippen LogP contribution < -0.4 is 10.6 Å². The first kappa shape index (κ1) is 12.6. The monoisotopic (exact) mass is 286 g/mol. The summed E-state index contributed by atoms with van der Waals surface area (Å²) in [6.07, 6.45) is 0. The minimum absolute atomic E-state index is 0.333. The highest BCUT2D eigenvalue weighted by Crippen LogP contribution is 2.29. The maximum atomic E-state index is 12.8. The lowest BCUT2D eigenvalue weighted by Crippen LogP contribution is -2.18. The molecular weight excluding hydrogens is 275 g/mol. The molecule has 0 radical (unpaired) electrons. The number of nitrogens with one attached hydrogen (secondary N) is 2. The molecule has 100 valence electrons. The average molecular weight is 286 g/mol. The number of hydrogen-bond acceptors (Lipinski definition) is 2. The molecule has 0 saturated carbocycles. The number of amides is 2. The van der Waals surface area contributed by atoms with E-state index in [0.29, 0.717) is 5.69 Å².